The number of aromatic nitrogens is 1. The van der Waals surface area contributed by atoms with Gasteiger partial charge in [-0.3, -0.25) is 9.78 Å². The van der Waals surface area contributed by atoms with Gasteiger partial charge in [-0.05, 0) is 60.5 Å². The summed E-state index contributed by atoms with van der Waals surface area (Å²) >= 11 is 0. The monoisotopic (exact) mass is 318 g/mol. The lowest BCUT2D eigenvalue weighted by Crippen LogP contribution is -2.22. The lowest BCUT2D eigenvalue weighted by molar-refractivity contribution is 0.0951. The molecule has 1 amide bonds. The van der Waals surface area contributed by atoms with Crippen molar-refractivity contribution in [3.8, 4) is 11.5 Å². The lowest BCUT2D eigenvalue weighted by atomic mass is 10.2. The largest absolute Gasteiger partial charge is 0.457 e. The van der Waals surface area contributed by atoms with Crippen LogP contribution in [0.15, 0.2) is 73.1 Å². The van der Waals surface area contributed by atoms with Gasteiger partial charge in [0.2, 0.25) is 0 Å². The highest BCUT2D eigenvalue weighted by Crippen LogP contribution is 2.24. The second kappa shape index (κ2) is 7.42. The van der Waals surface area contributed by atoms with Crippen molar-refractivity contribution in [2.75, 3.05) is 0 Å². The predicted molar refractivity (Wildman–Crippen MR) is 93.1 cm³/mol. The smallest absolute Gasteiger partial charge is 0.251 e. The Hall–Kier alpha value is -3.14. The van der Waals surface area contributed by atoms with Crippen molar-refractivity contribution in [3.63, 3.8) is 0 Å². The van der Waals surface area contributed by atoms with Gasteiger partial charge >= 0.3 is 0 Å². The van der Waals surface area contributed by atoms with Gasteiger partial charge in [0.1, 0.15) is 11.5 Å². The molecule has 24 heavy (non-hydrogen) atoms. The van der Waals surface area contributed by atoms with Crippen LogP contribution in [-0.2, 0) is 6.54 Å². The number of rotatable bonds is 5. The highest BCUT2D eigenvalue weighted by molar-refractivity contribution is 5.94. The van der Waals surface area contributed by atoms with Crippen molar-refractivity contribution in [1.82, 2.24) is 10.3 Å². The Morgan fingerprint density at radius 1 is 1.00 bits per heavy atom. The number of carbonyl (C=O) groups is 1. The van der Waals surface area contributed by atoms with Crippen LogP contribution < -0.4 is 10.1 Å². The number of nitrogens with zero attached hydrogens (tertiary/aromatic N) is 1. The normalized spacial score (nSPS) is 10.2. The molecule has 0 bridgehead atoms. The molecule has 4 heteroatoms. The van der Waals surface area contributed by atoms with Crippen molar-refractivity contribution >= 4 is 5.91 Å². The Labute approximate surface area is 141 Å². The van der Waals surface area contributed by atoms with Crippen LogP contribution in [0.1, 0.15) is 21.5 Å². The quantitative estimate of drug-likeness (QED) is 0.770. The highest BCUT2D eigenvalue weighted by atomic mass is 16.5. The first-order chi connectivity index (χ1) is 11.7. The minimum Gasteiger partial charge on any atom is -0.457 e. The van der Waals surface area contributed by atoms with Crippen LogP contribution in [0.2, 0.25) is 0 Å². The maximum absolute atomic E-state index is 12.2. The Balaban J connectivity index is 1.61. The van der Waals surface area contributed by atoms with Crippen LogP contribution in [0.5, 0.6) is 11.5 Å². The summed E-state index contributed by atoms with van der Waals surface area (Å²) < 4.78 is 5.83. The van der Waals surface area contributed by atoms with Crippen molar-refractivity contribution < 1.29 is 9.53 Å². The lowest BCUT2D eigenvalue weighted by Gasteiger charge is -2.09. The van der Waals surface area contributed by atoms with Crippen LogP contribution in [0.3, 0.4) is 0 Å². The SMILES string of the molecule is Cc1ccccc1Oc1ccc(C(=O)NCc2ccncc2)cc1. The fourth-order valence-corrected chi connectivity index (χ4v) is 2.26. The molecule has 0 fully saturated rings. The van der Waals surface area contributed by atoms with Crippen LogP contribution in [0.4, 0.5) is 0 Å². The van der Waals surface area contributed by atoms with Crippen molar-refractivity contribution in [3.05, 3.63) is 89.7 Å². The zero-order chi connectivity index (χ0) is 16.8. The molecule has 1 N–H and O–H groups in total. The molecule has 0 atom stereocenters. The van der Waals surface area contributed by atoms with Gasteiger partial charge in [-0.15, -0.1) is 0 Å². The fraction of sp³-hybridized carbons (Fsp3) is 0.100. The van der Waals surface area contributed by atoms with Crippen molar-refractivity contribution in [2.24, 2.45) is 0 Å². The van der Waals surface area contributed by atoms with E-state index in [1.54, 1.807) is 36.7 Å². The van der Waals surface area contributed by atoms with Gasteiger partial charge in [-0.2, -0.15) is 0 Å². The fourth-order valence-electron chi connectivity index (χ4n) is 2.26. The number of pyridine rings is 1. The van der Waals surface area contributed by atoms with E-state index in [9.17, 15) is 4.79 Å². The summed E-state index contributed by atoms with van der Waals surface area (Å²) in [5.41, 5.74) is 2.68. The third-order valence-corrected chi connectivity index (χ3v) is 3.64. The van der Waals surface area contributed by atoms with Gasteiger partial charge < -0.3 is 10.1 Å². The van der Waals surface area contributed by atoms with E-state index < -0.39 is 0 Å². The van der Waals surface area contributed by atoms with E-state index in [-0.39, 0.29) is 5.91 Å². The second-order valence-corrected chi connectivity index (χ2v) is 5.43. The summed E-state index contributed by atoms with van der Waals surface area (Å²) in [5.74, 6) is 1.40. The van der Waals surface area contributed by atoms with E-state index in [1.807, 2.05) is 43.3 Å². The third kappa shape index (κ3) is 3.98. The molecule has 0 saturated carbocycles. The number of carbonyl (C=O) groups excluding carboxylic acids is 1. The van der Waals surface area contributed by atoms with Gasteiger partial charge in [0, 0.05) is 24.5 Å². The first-order valence-electron chi connectivity index (χ1n) is 7.73. The Morgan fingerprint density at radius 2 is 1.71 bits per heavy atom. The highest BCUT2D eigenvalue weighted by Gasteiger charge is 2.06. The average Bonchev–Trinajstić information content (AvgIpc) is 2.63. The molecule has 2 aromatic carbocycles. The van der Waals surface area contributed by atoms with Gasteiger partial charge in [0.05, 0.1) is 0 Å². The van der Waals surface area contributed by atoms with Crippen molar-refractivity contribution in [2.45, 2.75) is 13.5 Å². The number of amides is 1. The van der Waals surface area contributed by atoms with Gasteiger partial charge in [0.25, 0.3) is 5.91 Å². The average molecular weight is 318 g/mol. The molecule has 0 unspecified atom stereocenters. The third-order valence-electron chi connectivity index (χ3n) is 3.64. The molecule has 1 aromatic heterocycles. The Kier molecular flexibility index (Phi) is 4.87. The number of nitrogens with one attached hydrogen (secondary N) is 1. The minimum atomic E-state index is -0.116. The van der Waals surface area contributed by atoms with E-state index in [1.165, 1.54) is 0 Å². The summed E-state index contributed by atoms with van der Waals surface area (Å²) in [4.78, 5) is 16.1. The molecule has 3 rings (SSSR count). The zero-order valence-electron chi connectivity index (χ0n) is 13.4. The molecule has 0 aliphatic carbocycles. The molecule has 0 saturated heterocycles. The van der Waals surface area contributed by atoms with Gasteiger partial charge in [-0.25, -0.2) is 0 Å². The summed E-state index contributed by atoms with van der Waals surface area (Å²) in [5, 5.41) is 2.89. The summed E-state index contributed by atoms with van der Waals surface area (Å²) in [6, 6.07) is 18.7. The maximum Gasteiger partial charge on any atom is 0.251 e. The van der Waals surface area contributed by atoms with Crippen LogP contribution in [0, 0.1) is 6.92 Å². The summed E-state index contributed by atoms with van der Waals surface area (Å²) in [6.07, 6.45) is 3.42. The van der Waals surface area contributed by atoms with E-state index in [2.05, 4.69) is 10.3 Å². The number of para-hydroxylation sites is 1. The first kappa shape index (κ1) is 15.7. The van der Waals surface area contributed by atoms with Gasteiger partial charge in [-0.1, -0.05) is 18.2 Å². The number of benzene rings is 2. The predicted octanol–water partition coefficient (Wildman–Crippen LogP) is 4.11. The molecule has 120 valence electrons. The standard InChI is InChI=1S/C20H18N2O2/c1-15-4-2-3-5-19(15)24-18-8-6-17(7-9-18)20(23)22-14-16-10-12-21-13-11-16/h2-13H,14H2,1H3,(H,22,23). The van der Waals surface area contributed by atoms with Crippen LogP contribution >= 0.6 is 0 Å². The molecule has 0 radical (unpaired) electrons. The maximum atomic E-state index is 12.2. The topological polar surface area (TPSA) is 51.2 Å². The van der Waals surface area contributed by atoms with E-state index in [0.717, 1.165) is 16.9 Å². The number of hydrogen-bond acceptors (Lipinski definition) is 3. The molecule has 4 nitrogen and oxygen atoms in total. The Morgan fingerprint density at radius 3 is 2.42 bits per heavy atom. The minimum absolute atomic E-state index is 0.116. The number of aryl methyl sites for hydroxylation is 1. The summed E-state index contributed by atoms with van der Waals surface area (Å²) in [7, 11) is 0. The Bertz CT molecular complexity index is 815. The molecule has 3 aromatic rings. The van der Waals surface area contributed by atoms with Crippen LogP contribution in [-0.4, -0.2) is 10.9 Å². The van der Waals surface area contributed by atoms with Crippen molar-refractivity contribution in [1.29, 1.82) is 0 Å². The summed E-state index contributed by atoms with van der Waals surface area (Å²) in [6.45, 7) is 2.47. The first-order valence-corrected chi connectivity index (χ1v) is 7.73. The number of ether oxygens (including phenoxy) is 1. The van der Waals surface area contributed by atoms with Gasteiger partial charge in [0.15, 0.2) is 0 Å². The molecular formula is C20H18N2O2. The number of hydrogen-bond donors (Lipinski definition) is 1. The van der Waals surface area contributed by atoms with Crippen LogP contribution in [0.25, 0.3) is 0 Å². The van der Waals surface area contributed by atoms with E-state index >= 15 is 0 Å². The van der Waals surface area contributed by atoms with E-state index in [4.69, 9.17) is 4.74 Å². The zero-order valence-corrected chi connectivity index (χ0v) is 13.4. The second-order valence-electron chi connectivity index (χ2n) is 5.43. The molecule has 0 spiro atoms. The van der Waals surface area contributed by atoms with E-state index in [0.29, 0.717) is 17.9 Å². The molecule has 0 aliphatic heterocycles. The molecule has 0 aliphatic rings. The molecule has 1 heterocycles. The molecular weight excluding hydrogens is 300 g/mol.